The molecular formula is C21H14F5N3O. The number of carbonyl (C=O) groups is 1. The minimum atomic E-state index is -3.44. The number of allylic oxidation sites excluding steroid dienone is 4. The Bertz CT molecular complexity index is 1240. The first kappa shape index (κ1) is 19.8. The summed E-state index contributed by atoms with van der Waals surface area (Å²) in [7, 11) is 0. The first-order valence-electron chi connectivity index (χ1n) is 8.81. The number of nitrogens with two attached hydrogens (primary N) is 1. The Morgan fingerprint density at radius 1 is 1.07 bits per heavy atom. The minimum Gasteiger partial charge on any atom is -0.382 e. The van der Waals surface area contributed by atoms with Crippen molar-refractivity contribution in [1.82, 2.24) is 9.38 Å². The van der Waals surface area contributed by atoms with Crippen molar-refractivity contribution in [2.45, 2.75) is 18.8 Å². The van der Waals surface area contributed by atoms with E-state index in [1.807, 2.05) is 0 Å². The zero-order valence-electron chi connectivity index (χ0n) is 15.5. The van der Waals surface area contributed by atoms with Crippen LogP contribution >= 0.6 is 0 Å². The molecule has 0 bridgehead atoms. The van der Waals surface area contributed by atoms with E-state index in [2.05, 4.69) is 4.98 Å². The molecular weight excluding hydrogens is 405 g/mol. The van der Waals surface area contributed by atoms with Crippen LogP contribution in [0.25, 0.3) is 11.2 Å². The summed E-state index contributed by atoms with van der Waals surface area (Å²) in [5.41, 5.74) is 1.27. The number of ketones is 1. The fraction of sp³-hybridized carbons (Fsp3) is 0.143. The van der Waals surface area contributed by atoms with E-state index >= 15 is 0 Å². The van der Waals surface area contributed by atoms with Crippen LogP contribution in [0.5, 0.6) is 0 Å². The average molecular weight is 419 g/mol. The predicted molar refractivity (Wildman–Crippen MR) is 101 cm³/mol. The van der Waals surface area contributed by atoms with Crippen molar-refractivity contribution in [2.24, 2.45) is 0 Å². The third-order valence-corrected chi connectivity index (χ3v) is 4.98. The van der Waals surface area contributed by atoms with Gasteiger partial charge in [0.1, 0.15) is 5.65 Å². The lowest BCUT2D eigenvalue weighted by Crippen LogP contribution is -2.37. The molecule has 0 fully saturated rings. The number of fused-ring (bicyclic) bond motifs is 1. The van der Waals surface area contributed by atoms with Crippen LogP contribution in [-0.4, -0.2) is 27.0 Å². The second-order valence-electron chi connectivity index (χ2n) is 6.98. The van der Waals surface area contributed by atoms with Crippen molar-refractivity contribution in [3.8, 4) is 0 Å². The summed E-state index contributed by atoms with van der Waals surface area (Å²) < 4.78 is 72.6. The first-order chi connectivity index (χ1) is 14.1. The third kappa shape index (κ3) is 2.80. The van der Waals surface area contributed by atoms with Crippen molar-refractivity contribution in [3.63, 3.8) is 0 Å². The maximum atomic E-state index is 14.8. The molecule has 0 aliphatic heterocycles. The summed E-state index contributed by atoms with van der Waals surface area (Å²) in [6, 6.07) is 11.0. The molecule has 2 heterocycles. The van der Waals surface area contributed by atoms with Gasteiger partial charge in [-0.25, -0.2) is 26.9 Å². The van der Waals surface area contributed by atoms with Crippen LogP contribution in [-0.2, 0) is 0 Å². The standard InChI is InChI=1S/C21H14F5N3O/c1-21(26)18(24)13(14(22)15(23)19(21)25)16-20(27)28-12-8-7-11(9-29(12)16)17(30)10-5-3-2-4-6-10/h2-9,18H,27H2,1H3. The Labute approximate surface area is 167 Å². The highest BCUT2D eigenvalue weighted by Crippen LogP contribution is 2.48. The van der Waals surface area contributed by atoms with E-state index in [1.54, 1.807) is 30.3 Å². The Kier molecular flexibility index (Phi) is 4.48. The van der Waals surface area contributed by atoms with Gasteiger partial charge in [-0.1, -0.05) is 30.3 Å². The van der Waals surface area contributed by atoms with Crippen molar-refractivity contribution >= 4 is 22.8 Å². The highest BCUT2D eigenvalue weighted by atomic mass is 19.2. The molecule has 0 saturated carbocycles. The van der Waals surface area contributed by atoms with E-state index < -0.39 is 52.2 Å². The number of alkyl halides is 2. The van der Waals surface area contributed by atoms with Crippen LogP contribution in [0.1, 0.15) is 28.5 Å². The highest BCUT2D eigenvalue weighted by molar-refractivity contribution is 6.09. The van der Waals surface area contributed by atoms with Gasteiger partial charge in [-0.3, -0.25) is 9.20 Å². The van der Waals surface area contributed by atoms with Crippen LogP contribution in [0.15, 0.2) is 66.1 Å². The lowest BCUT2D eigenvalue weighted by molar-refractivity contribution is 0.103. The van der Waals surface area contributed by atoms with Crippen molar-refractivity contribution in [2.75, 3.05) is 5.73 Å². The zero-order valence-corrected chi connectivity index (χ0v) is 15.5. The van der Waals surface area contributed by atoms with Crippen LogP contribution in [0.4, 0.5) is 27.8 Å². The van der Waals surface area contributed by atoms with Gasteiger partial charge in [0.2, 0.25) is 0 Å². The summed E-state index contributed by atoms with van der Waals surface area (Å²) in [6.45, 7) is 0.461. The van der Waals surface area contributed by atoms with Gasteiger partial charge in [-0.15, -0.1) is 0 Å². The molecule has 1 aliphatic rings. The van der Waals surface area contributed by atoms with Crippen LogP contribution < -0.4 is 5.73 Å². The SMILES string of the molecule is CC1(F)C(F)=C(F)C(F)=C(c2c(N)nc3ccc(C(=O)c4ccccc4)cn23)C1F. The fourth-order valence-corrected chi connectivity index (χ4v) is 3.37. The summed E-state index contributed by atoms with van der Waals surface area (Å²) in [6.07, 6.45) is -1.69. The molecule has 30 heavy (non-hydrogen) atoms. The van der Waals surface area contributed by atoms with E-state index in [0.717, 1.165) is 4.40 Å². The predicted octanol–water partition coefficient (Wildman–Crippen LogP) is 5.06. The topological polar surface area (TPSA) is 60.4 Å². The number of nitrogens with zero attached hydrogens (tertiary/aromatic N) is 2. The quantitative estimate of drug-likeness (QED) is 0.477. The molecule has 0 saturated heterocycles. The summed E-state index contributed by atoms with van der Waals surface area (Å²) in [5, 5.41) is 0. The smallest absolute Gasteiger partial charge is 0.197 e. The number of anilines is 1. The molecule has 2 atom stereocenters. The lowest BCUT2D eigenvalue weighted by atomic mass is 9.87. The zero-order chi connectivity index (χ0) is 21.8. The molecule has 3 aromatic rings. The number of halogens is 5. The second-order valence-corrected chi connectivity index (χ2v) is 6.98. The van der Waals surface area contributed by atoms with Crippen molar-refractivity contribution < 1.29 is 26.7 Å². The molecule has 0 radical (unpaired) electrons. The van der Waals surface area contributed by atoms with Crippen LogP contribution in [0.3, 0.4) is 0 Å². The van der Waals surface area contributed by atoms with E-state index in [-0.39, 0.29) is 11.2 Å². The number of pyridine rings is 1. The number of carbonyl (C=O) groups excluding carboxylic acids is 1. The number of hydrogen-bond acceptors (Lipinski definition) is 3. The van der Waals surface area contributed by atoms with Gasteiger partial charge in [0, 0.05) is 17.3 Å². The Hall–Kier alpha value is -3.49. The summed E-state index contributed by atoms with van der Waals surface area (Å²) in [5.74, 6) is -7.07. The number of rotatable bonds is 3. The molecule has 154 valence electrons. The Balaban J connectivity index is 1.94. The molecule has 9 heteroatoms. The molecule has 2 unspecified atom stereocenters. The monoisotopic (exact) mass is 419 g/mol. The molecule has 0 spiro atoms. The number of hydrogen-bond donors (Lipinski definition) is 1. The second kappa shape index (κ2) is 6.79. The summed E-state index contributed by atoms with van der Waals surface area (Å²) in [4.78, 5) is 16.6. The number of nitrogen functional groups attached to an aromatic ring is 1. The number of aromatic nitrogens is 2. The fourth-order valence-electron chi connectivity index (χ4n) is 3.37. The Morgan fingerprint density at radius 3 is 2.40 bits per heavy atom. The van der Waals surface area contributed by atoms with Gasteiger partial charge in [0.05, 0.1) is 11.3 Å². The largest absolute Gasteiger partial charge is 0.382 e. The normalized spacial score (nSPS) is 22.1. The maximum absolute atomic E-state index is 14.8. The van der Waals surface area contributed by atoms with Gasteiger partial charge in [-0.05, 0) is 19.1 Å². The number of imidazole rings is 1. The van der Waals surface area contributed by atoms with E-state index in [1.165, 1.54) is 18.3 Å². The average Bonchev–Trinajstić information content (AvgIpc) is 3.06. The molecule has 2 N–H and O–H groups in total. The van der Waals surface area contributed by atoms with Crippen LogP contribution in [0, 0.1) is 0 Å². The minimum absolute atomic E-state index is 0.0793. The van der Waals surface area contributed by atoms with Crippen molar-refractivity contribution in [3.05, 3.63) is 83.0 Å². The van der Waals surface area contributed by atoms with E-state index in [4.69, 9.17) is 5.73 Å². The summed E-state index contributed by atoms with van der Waals surface area (Å²) >= 11 is 0. The van der Waals surface area contributed by atoms with Gasteiger partial charge < -0.3 is 5.73 Å². The molecule has 4 nitrogen and oxygen atoms in total. The van der Waals surface area contributed by atoms with Crippen molar-refractivity contribution in [1.29, 1.82) is 0 Å². The molecule has 0 amide bonds. The third-order valence-electron chi connectivity index (χ3n) is 4.98. The van der Waals surface area contributed by atoms with Gasteiger partial charge >= 0.3 is 0 Å². The van der Waals surface area contributed by atoms with Gasteiger partial charge in [-0.2, -0.15) is 0 Å². The number of benzene rings is 1. The van der Waals surface area contributed by atoms with E-state index in [0.29, 0.717) is 12.5 Å². The first-order valence-corrected chi connectivity index (χ1v) is 8.81. The highest BCUT2D eigenvalue weighted by Gasteiger charge is 2.51. The Morgan fingerprint density at radius 2 is 1.73 bits per heavy atom. The van der Waals surface area contributed by atoms with Gasteiger partial charge in [0.15, 0.2) is 40.9 Å². The lowest BCUT2D eigenvalue weighted by Gasteiger charge is -2.29. The maximum Gasteiger partial charge on any atom is 0.197 e. The van der Waals surface area contributed by atoms with E-state index in [9.17, 15) is 26.7 Å². The molecule has 1 aromatic carbocycles. The molecule has 2 aromatic heterocycles. The van der Waals surface area contributed by atoms with Gasteiger partial charge in [0.25, 0.3) is 0 Å². The van der Waals surface area contributed by atoms with Crippen LogP contribution in [0.2, 0.25) is 0 Å². The molecule has 1 aliphatic carbocycles. The molecule has 4 rings (SSSR count).